The molecule has 0 aliphatic heterocycles. The lowest BCUT2D eigenvalue weighted by Crippen LogP contribution is -2.20. The number of pyridine rings is 1. The number of nitrogens with zero attached hydrogens (tertiary/aromatic N) is 1. The number of carbonyl (C=O) groups is 1. The molecule has 0 radical (unpaired) electrons. The molecule has 1 aromatic carbocycles. The van der Waals surface area contributed by atoms with Gasteiger partial charge >= 0.3 is 5.97 Å². The Kier molecular flexibility index (Phi) is 4.11. The summed E-state index contributed by atoms with van der Waals surface area (Å²) in [6.45, 7) is 1.58. The largest absolute Gasteiger partial charge is 0.462 e. The number of halogens is 3. The van der Waals surface area contributed by atoms with Gasteiger partial charge in [-0.1, -0.05) is 0 Å². The third-order valence-corrected chi connectivity index (χ3v) is 2.79. The zero-order valence-electron chi connectivity index (χ0n) is 10.9. The first kappa shape index (κ1) is 14.8. The fourth-order valence-corrected chi connectivity index (χ4v) is 1.88. The van der Waals surface area contributed by atoms with Gasteiger partial charge in [-0.05, 0) is 13.0 Å². The predicted octanol–water partition coefficient (Wildman–Crippen LogP) is 2.85. The zero-order valence-corrected chi connectivity index (χ0v) is 10.9. The quantitative estimate of drug-likeness (QED) is 0.818. The van der Waals surface area contributed by atoms with Gasteiger partial charge in [0.1, 0.15) is 11.9 Å². The average Bonchev–Trinajstić information content (AvgIpc) is 2.44. The van der Waals surface area contributed by atoms with E-state index in [0.29, 0.717) is 6.07 Å². The van der Waals surface area contributed by atoms with Gasteiger partial charge < -0.3 is 9.30 Å². The maximum absolute atomic E-state index is 13.3. The molecule has 0 saturated heterocycles. The molecule has 7 heteroatoms. The summed E-state index contributed by atoms with van der Waals surface area (Å²) in [4.78, 5) is 23.8. The minimum absolute atomic E-state index is 0.0348. The second-order valence-electron chi connectivity index (χ2n) is 4.06. The van der Waals surface area contributed by atoms with Crippen LogP contribution in [0.2, 0.25) is 0 Å². The lowest BCUT2D eigenvalue weighted by atomic mass is 10.1. The average molecular weight is 297 g/mol. The van der Waals surface area contributed by atoms with Crippen molar-refractivity contribution in [3.8, 4) is 0 Å². The minimum atomic E-state index is -1.24. The van der Waals surface area contributed by atoms with Crippen molar-refractivity contribution >= 4 is 23.1 Å². The van der Waals surface area contributed by atoms with Crippen LogP contribution in [0.15, 0.2) is 29.5 Å². The molecule has 0 bridgehead atoms. The Balaban J connectivity index is 2.85. The van der Waals surface area contributed by atoms with Crippen molar-refractivity contribution in [2.24, 2.45) is 0 Å². The van der Waals surface area contributed by atoms with Gasteiger partial charge in [0.15, 0.2) is 11.6 Å². The molecule has 0 atom stereocenters. The van der Waals surface area contributed by atoms with Gasteiger partial charge in [-0.3, -0.25) is 4.79 Å². The molecule has 0 aliphatic carbocycles. The summed E-state index contributed by atoms with van der Waals surface area (Å²) in [6.07, 6.45) is 2.01. The van der Waals surface area contributed by atoms with Crippen molar-refractivity contribution in [2.75, 3.05) is 6.61 Å². The molecule has 0 spiro atoms. The fourth-order valence-electron chi connectivity index (χ4n) is 1.88. The first-order valence-corrected chi connectivity index (χ1v) is 5.97. The number of aromatic nitrogens is 1. The Bertz CT molecular complexity index is 796. The van der Waals surface area contributed by atoms with Crippen LogP contribution in [0, 0.1) is 11.6 Å². The highest BCUT2D eigenvalue weighted by molar-refractivity contribution is 5.94. The van der Waals surface area contributed by atoms with Gasteiger partial charge in [-0.15, -0.1) is 0 Å². The first-order valence-electron chi connectivity index (χ1n) is 5.97. The molecule has 4 nitrogen and oxygen atoms in total. The Labute approximate surface area is 117 Å². The summed E-state index contributed by atoms with van der Waals surface area (Å²) >= 11 is 0. The summed E-state index contributed by atoms with van der Waals surface area (Å²) in [5.41, 5.74) is -1.28. The van der Waals surface area contributed by atoms with Gasteiger partial charge in [0.2, 0.25) is 5.43 Å². The molecule has 0 amide bonds. The standard InChI is InChI=1S/C14H10F3NO3/c1-2-21-14(20)9-7-18(4-3-15)12-6-11(17)10(16)5-8(12)13(9)19/h3-7H,2H2,1H3/b4-3+. The summed E-state index contributed by atoms with van der Waals surface area (Å²) in [6, 6.07) is 1.42. The molecule has 2 rings (SSSR count). The third kappa shape index (κ3) is 2.67. The second kappa shape index (κ2) is 5.82. The molecule has 0 saturated carbocycles. The molecule has 2 aromatic rings. The molecule has 0 fully saturated rings. The van der Waals surface area contributed by atoms with Crippen LogP contribution in [0.4, 0.5) is 13.2 Å². The van der Waals surface area contributed by atoms with Gasteiger partial charge in [-0.2, -0.15) is 0 Å². The maximum Gasteiger partial charge on any atom is 0.343 e. The van der Waals surface area contributed by atoms with Crippen molar-refractivity contribution in [1.82, 2.24) is 4.57 Å². The van der Waals surface area contributed by atoms with Crippen LogP contribution >= 0.6 is 0 Å². The molecule has 0 unspecified atom stereocenters. The van der Waals surface area contributed by atoms with Crippen LogP contribution in [0.25, 0.3) is 17.1 Å². The smallest absolute Gasteiger partial charge is 0.343 e. The van der Waals surface area contributed by atoms with E-state index in [-0.39, 0.29) is 23.8 Å². The zero-order chi connectivity index (χ0) is 15.6. The van der Waals surface area contributed by atoms with E-state index in [1.54, 1.807) is 6.92 Å². The van der Waals surface area contributed by atoms with Crippen molar-refractivity contribution in [3.63, 3.8) is 0 Å². The topological polar surface area (TPSA) is 48.3 Å². The Morgan fingerprint density at radius 2 is 2.00 bits per heavy atom. The normalized spacial score (nSPS) is 11.2. The van der Waals surface area contributed by atoms with Crippen molar-refractivity contribution < 1.29 is 22.7 Å². The van der Waals surface area contributed by atoms with Crippen molar-refractivity contribution in [1.29, 1.82) is 0 Å². The SMILES string of the molecule is CCOC(=O)c1cn(/C=C/F)c2cc(F)c(F)cc2c1=O. The first-order chi connectivity index (χ1) is 9.99. The van der Waals surface area contributed by atoms with E-state index in [1.807, 2.05) is 0 Å². The van der Waals surface area contributed by atoms with Crippen LogP contribution in [-0.4, -0.2) is 17.1 Å². The van der Waals surface area contributed by atoms with Crippen LogP contribution in [-0.2, 0) is 4.74 Å². The number of ether oxygens (including phenoxy) is 1. The lowest BCUT2D eigenvalue weighted by Gasteiger charge is -2.09. The number of benzene rings is 1. The molecule has 1 heterocycles. The maximum atomic E-state index is 13.3. The Morgan fingerprint density at radius 1 is 1.33 bits per heavy atom. The number of hydrogen-bond acceptors (Lipinski definition) is 3. The predicted molar refractivity (Wildman–Crippen MR) is 70.5 cm³/mol. The molecular formula is C14H10F3NO3. The molecule has 0 N–H and O–H groups in total. The van der Waals surface area contributed by atoms with E-state index in [9.17, 15) is 22.8 Å². The number of rotatable bonds is 3. The molecule has 110 valence electrons. The highest BCUT2D eigenvalue weighted by Crippen LogP contribution is 2.17. The number of fused-ring (bicyclic) bond motifs is 1. The van der Waals surface area contributed by atoms with Gasteiger partial charge in [0.25, 0.3) is 0 Å². The highest BCUT2D eigenvalue weighted by atomic mass is 19.2. The van der Waals surface area contributed by atoms with E-state index in [4.69, 9.17) is 4.74 Å². The van der Waals surface area contributed by atoms with Gasteiger partial charge in [0, 0.05) is 18.5 Å². The lowest BCUT2D eigenvalue weighted by molar-refractivity contribution is 0.0524. The number of esters is 1. The van der Waals surface area contributed by atoms with E-state index in [0.717, 1.165) is 23.0 Å². The number of carbonyl (C=O) groups excluding carboxylic acids is 1. The summed E-state index contributed by atoms with van der Waals surface area (Å²) in [7, 11) is 0. The Morgan fingerprint density at radius 3 is 2.62 bits per heavy atom. The van der Waals surface area contributed by atoms with Crippen LogP contribution in [0.1, 0.15) is 17.3 Å². The van der Waals surface area contributed by atoms with Crippen molar-refractivity contribution in [2.45, 2.75) is 6.92 Å². The second-order valence-corrected chi connectivity index (χ2v) is 4.06. The molecule has 0 aliphatic rings. The van der Waals surface area contributed by atoms with Gasteiger partial charge in [0.05, 0.1) is 17.5 Å². The Hall–Kier alpha value is -2.57. The van der Waals surface area contributed by atoms with E-state index in [2.05, 4.69) is 0 Å². The van der Waals surface area contributed by atoms with E-state index >= 15 is 0 Å². The van der Waals surface area contributed by atoms with E-state index < -0.39 is 28.6 Å². The molecule has 21 heavy (non-hydrogen) atoms. The molecule has 1 aromatic heterocycles. The van der Waals surface area contributed by atoms with Crippen molar-refractivity contribution in [3.05, 3.63) is 52.1 Å². The number of hydrogen-bond donors (Lipinski definition) is 0. The van der Waals surface area contributed by atoms with Gasteiger partial charge in [-0.25, -0.2) is 18.0 Å². The monoisotopic (exact) mass is 297 g/mol. The van der Waals surface area contributed by atoms with Crippen LogP contribution in [0.5, 0.6) is 0 Å². The highest BCUT2D eigenvalue weighted by Gasteiger charge is 2.17. The van der Waals surface area contributed by atoms with Crippen LogP contribution < -0.4 is 5.43 Å². The molecular weight excluding hydrogens is 287 g/mol. The summed E-state index contributed by atoms with van der Waals surface area (Å²) in [5.74, 6) is -3.35. The minimum Gasteiger partial charge on any atom is -0.462 e. The van der Waals surface area contributed by atoms with Crippen LogP contribution in [0.3, 0.4) is 0 Å². The fraction of sp³-hybridized carbons (Fsp3) is 0.143. The summed E-state index contributed by atoms with van der Waals surface area (Å²) in [5, 5.41) is -0.252. The third-order valence-electron chi connectivity index (χ3n) is 2.79. The van der Waals surface area contributed by atoms with E-state index in [1.165, 1.54) is 0 Å². The summed E-state index contributed by atoms with van der Waals surface area (Å²) < 4.78 is 44.7.